The molecule has 176 valence electrons. The maximum atomic E-state index is 6.48. The summed E-state index contributed by atoms with van der Waals surface area (Å²) in [7, 11) is 0. The molecule has 0 saturated carbocycles. The summed E-state index contributed by atoms with van der Waals surface area (Å²) in [6.07, 6.45) is 1.04. The molecule has 1 saturated heterocycles. The van der Waals surface area contributed by atoms with Gasteiger partial charge in [0.15, 0.2) is 0 Å². The minimum Gasteiger partial charge on any atom is -0.426 e. The summed E-state index contributed by atoms with van der Waals surface area (Å²) >= 11 is 0. The Labute approximate surface area is 211 Å². The van der Waals surface area contributed by atoms with E-state index in [4.69, 9.17) is 4.65 Å². The number of hydrogen-bond acceptors (Lipinski definition) is 1. The summed E-state index contributed by atoms with van der Waals surface area (Å²) in [5.41, 5.74) is 11.5. The minimum atomic E-state index is -0.125. The zero-order valence-corrected chi connectivity index (χ0v) is 21.9. The fourth-order valence-electron chi connectivity index (χ4n) is 5.30. The molecule has 0 radical (unpaired) electrons. The van der Waals surface area contributed by atoms with E-state index in [9.17, 15) is 0 Å². The third kappa shape index (κ3) is 4.37. The minimum absolute atomic E-state index is 0.125. The maximum Gasteiger partial charge on any atom is 0.327 e. The molecule has 1 nitrogen and oxygen atoms in total. The van der Waals surface area contributed by atoms with Gasteiger partial charge in [-0.15, -0.1) is 0 Å². The lowest BCUT2D eigenvalue weighted by Crippen LogP contribution is -2.36. The predicted molar refractivity (Wildman–Crippen MR) is 151 cm³/mol. The Kier molecular flexibility index (Phi) is 5.97. The van der Waals surface area contributed by atoms with Gasteiger partial charge in [0.1, 0.15) is 0 Å². The molecule has 1 fully saturated rings. The predicted octanol–water partition coefficient (Wildman–Crippen LogP) is 8.34. The van der Waals surface area contributed by atoms with Crippen molar-refractivity contribution in [3.63, 3.8) is 0 Å². The van der Waals surface area contributed by atoms with Gasteiger partial charge in [-0.3, -0.25) is 0 Å². The van der Waals surface area contributed by atoms with Gasteiger partial charge >= 0.3 is 6.92 Å². The summed E-state index contributed by atoms with van der Waals surface area (Å²) in [5, 5.41) is 0. The molecule has 1 aliphatic rings. The average Bonchev–Trinajstić information content (AvgIpc) is 3.07. The van der Waals surface area contributed by atoms with Crippen LogP contribution in [0.15, 0.2) is 91.0 Å². The van der Waals surface area contributed by atoms with Crippen LogP contribution < -0.4 is 5.46 Å². The van der Waals surface area contributed by atoms with E-state index in [1.165, 1.54) is 50.0 Å². The molecular formula is C33H35BO. The van der Waals surface area contributed by atoms with Crippen molar-refractivity contribution >= 4 is 12.4 Å². The van der Waals surface area contributed by atoms with Crippen LogP contribution in [0.1, 0.15) is 38.8 Å². The Hall–Kier alpha value is -3.10. The van der Waals surface area contributed by atoms with Crippen LogP contribution in [0.25, 0.3) is 33.4 Å². The van der Waals surface area contributed by atoms with Crippen molar-refractivity contribution in [1.29, 1.82) is 0 Å². The Morgan fingerprint density at radius 2 is 1.26 bits per heavy atom. The Balaban J connectivity index is 1.58. The highest BCUT2D eigenvalue weighted by molar-refractivity contribution is 6.68. The van der Waals surface area contributed by atoms with Crippen molar-refractivity contribution in [2.24, 2.45) is 5.41 Å². The number of rotatable bonds is 4. The summed E-state index contributed by atoms with van der Waals surface area (Å²) in [6.45, 7) is 13.6. The summed E-state index contributed by atoms with van der Waals surface area (Å²) in [6, 6.07) is 33.2. The van der Waals surface area contributed by atoms with E-state index in [1.54, 1.807) is 0 Å². The molecule has 1 aliphatic heterocycles. The van der Waals surface area contributed by atoms with Crippen LogP contribution in [0.3, 0.4) is 0 Å². The lowest BCUT2D eigenvalue weighted by Gasteiger charge is -2.34. The maximum absolute atomic E-state index is 6.48. The van der Waals surface area contributed by atoms with E-state index >= 15 is 0 Å². The molecule has 5 rings (SSSR count). The second-order valence-corrected chi connectivity index (χ2v) is 11.2. The Morgan fingerprint density at radius 1 is 0.629 bits per heavy atom. The van der Waals surface area contributed by atoms with Crippen LogP contribution in [0.2, 0.25) is 6.32 Å². The van der Waals surface area contributed by atoms with Crippen LogP contribution in [0, 0.1) is 19.3 Å². The van der Waals surface area contributed by atoms with E-state index in [2.05, 4.69) is 133 Å². The van der Waals surface area contributed by atoms with Gasteiger partial charge in [0, 0.05) is 0 Å². The zero-order chi connectivity index (χ0) is 24.8. The molecule has 2 heteroatoms. The molecule has 4 aromatic rings. The van der Waals surface area contributed by atoms with Gasteiger partial charge in [-0.25, -0.2) is 0 Å². The van der Waals surface area contributed by atoms with Crippen LogP contribution in [0.4, 0.5) is 0 Å². The fraction of sp³-hybridized carbons (Fsp3) is 0.273. The second kappa shape index (κ2) is 8.84. The van der Waals surface area contributed by atoms with Crippen molar-refractivity contribution in [1.82, 2.24) is 0 Å². The summed E-state index contributed by atoms with van der Waals surface area (Å²) < 4.78 is 6.48. The van der Waals surface area contributed by atoms with E-state index in [-0.39, 0.29) is 17.9 Å². The van der Waals surface area contributed by atoms with Gasteiger partial charge in [0.2, 0.25) is 0 Å². The van der Waals surface area contributed by atoms with Crippen molar-refractivity contribution in [2.45, 2.75) is 53.5 Å². The molecule has 0 bridgehead atoms. The highest BCUT2D eigenvalue weighted by Gasteiger charge is 2.49. The Bertz CT molecular complexity index is 1330. The standard InChI is InChI=1S/C33H35BO/c1-23-12-10-11-15-29(23)31-21-27(20-30(24(31)2)26-13-8-7-9-14-26)25-16-18-28(19-17-25)34-22-32(3,4)33(5,6)35-34/h7-21H,22H2,1-6H3. The van der Waals surface area contributed by atoms with E-state index < -0.39 is 0 Å². The first-order chi connectivity index (χ1) is 16.7. The molecule has 0 N–H and O–H groups in total. The third-order valence-corrected chi connectivity index (χ3v) is 8.31. The lowest BCUT2D eigenvalue weighted by atomic mass is 9.54. The first-order valence-electron chi connectivity index (χ1n) is 12.7. The van der Waals surface area contributed by atoms with Crippen LogP contribution in [0.5, 0.6) is 0 Å². The van der Waals surface area contributed by atoms with Crippen LogP contribution in [-0.2, 0) is 4.65 Å². The van der Waals surface area contributed by atoms with Crippen molar-refractivity contribution in [3.05, 3.63) is 102 Å². The van der Waals surface area contributed by atoms with Crippen molar-refractivity contribution < 1.29 is 4.65 Å². The van der Waals surface area contributed by atoms with Crippen LogP contribution in [-0.4, -0.2) is 12.5 Å². The second-order valence-electron chi connectivity index (χ2n) is 11.2. The first kappa shape index (κ1) is 23.6. The normalized spacial score (nSPS) is 16.5. The molecule has 0 atom stereocenters. The number of hydrogen-bond donors (Lipinski definition) is 0. The summed E-state index contributed by atoms with van der Waals surface area (Å²) in [4.78, 5) is 0. The first-order valence-corrected chi connectivity index (χ1v) is 12.7. The quantitative estimate of drug-likeness (QED) is 0.279. The van der Waals surface area contributed by atoms with Gasteiger partial charge in [-0.2, -0.15) is 0 Å². The number of aryl methyl sites for hydroxylation is 1. The van der Waals surface area contributed by atoms with Gasteiger partial charge in [0.25, 0.3) is 0 Å². The van der Waals surface area contributed by atoms with E-state index in [0.717, 1.165) is 6.32 Å². The average molecular weight is 458 g/mol. The SMILES string of the molecule is Cc1ccccc1-c1cc(-c2ccc(B3CC(C)(C)C(C)(C)O3)cc2)cc(-c2ccccc2)c1C. The molecule has 0 amide bonds. The molecule has 0 unspecified atom stereocenters. The van der Waals surface area contributed by atoms with E-state index in [1.807, 2.05) is 0 Å². The topological polar surface area (TPSA) is 9.23 Å². The largest absolute Gasteiger partial charge is 0.426 e. The zero-order valence-electron chi connectivity index (χ0n) is 21.9. The molecular weight excluding hydrogens is 423 g/mol. The summed E-state index contributed by atoms with van der Waals surface area (Å²) in [5.74, 6) is 0. The molecule has 35 heavy (non-hydrogen) atoms. The van der Waals surface area contributed by atoms with E-state index in [0.29, 0.717) is 0 Å². The monoisotopic (exact) mass is 458 g/mol. The molecule has 1 heterocycles. The lowest BCUT2D eigenvalue weighted by molar-refractivity contribution is 0.0375. The molecule has 0 aromatic heterocycles. The molecule has 4 aromatic carbocycles. The van der Waals surface area contributed by atoms with Crippen molar-refractivity contribution in [2.75, 3.05) is 0 Å². The van der Waals surface area contributed by atoms with Crippen LogP contribution >= 0.6 is 0 Å². The highest BCUT2D eigenvalue weighted by atomic mass is 16.5. The van der Waals surface area contributed by atoms with Gasteiger partial charge in [-0.1, -0.05) is 92.7 Å². The fourth-order valence-corrected chi connectivity index (χ4v) is 5.30. The molecule has 0 spiro atoms. The molecule has 0 aliphatic carbocycles. The van der Waals surface area contributed by atoms with Gasteiger partial charge < -0.3 is 4.65 Å². The third-order valence-electron chi connectivity index (χ3n) is 8.31. The Morgan fingerprint density at radius 3 is 1.89 bits per heavy atom. The van der Waals surface area contributed by atoms with Gasteiger partial charge in [-0.05, 0) is 102 Å². The smallest absolute Gasteiger partial charge is 0.327 e. The van der Waals surface area contributed by atoms with Gasteiger partial charge in [0.05, 0.1) is 5.60 Å². The highest BCUT2D eigenvalue weighted by Crippen LogP contribution is 2.45. The number of benzene rings is 4. The van der Waals surface area contributed by atoms with Crippen molar-refractivity contribution in [3.8, 4) is 33.4 Å².